The van der Waals surface area contributed by atoms with Gasteiger partial charge in [-0.15, -0.1) is 0 Å². The molecule has 0 spiro atoms. The highest BCUT2D eigenvalue weighted by molar-refractivity contribution is 5.75. The third-order valence-corrected chi connectivity index (χ3v) is 2.31. The number of halogens is 2. The van der Waals surface area contributed by atoms with Crippen molar-refractivity contribution in [3.05, 3.63) is 34.9 Å². The van der Waals surface area contributed by atoms with Crippen LogP contribution in [-0.2, 0) is 4.79 Å². The number of carbonyl (C=O) groups excluding carboxylic acids is 1. The van der Waals surface area contributed by atoms with Crippen LogP contribution in [0.3, 0.4) is 0 Å². The van der Waals surface area contributed by atoms with Gasteiger partial charge in [0, 0.05) is 5.56 Å². The molecule has 0 radical (unpaired) electrons. The van der Waals surface area contributed by atoms with Crippen molar-refractivity contribution in [2.75, 3.05) is 0 Å². The van der Waals surface area contributed by atoms with Gasteiger partial charge in [-0.3, -0.25) is 9.59 Å². The van der Waals surface area contributed by atoms with Crippen LogP contribution < -0.4 is 0 Å². The molecule has 0 aliphatic rings. The van der Waals surface area contributed by atoms with E-state index in [9.17, 15) is 28.6 Å². The standard InChI is InChI=1S/C11H10F2O5/c12-7-2-6(8(13)1-5(7)4-14)11(18)9(15)3-10(16)17/h1-2,4,9,11,15,18H,3H2,(H,16,17). The van der Waals surface area contributed by atoms with Gasteiger partial charge >= 0.3 is 5.97 Å². The molecule has 98 valence electrons. The summed E-state index contributed by atoms with van der Waals surface area (Å²) in [6, 6.07) is 1.11. The van der Waals surface area contributed by atoms with Gasteiger partial charge in [-0.05, 0) is 12.1 Å². The molecule has 0 aliphatic carbocycles. The van der Waals surface area contributed by atoms with Crippen molar-refractivity contribution < 1.29 is 33.7 Å². The van der Waals surface area contributed by atoms with Crippen molar-refractivity contribution in [2.45, 2.75) is 18.6 Å². The van der Waals surface area contributed by atoms with Crippen LogP contribution in [-0.4, -0.2) is 33.7 Å². The Kier molecular flexibility index (Phi) is 4.46. The Balaban J connectivity index is 3.05. The Morgan fingerprint density at radius 1 is 1.28 bits per heavy atom. The number of hydrogen-bond donors (Lipinski definition) is 3. The van der Waals surface area contributed by atoms with E-state index in [0.717, 1.165) is 0 Å². The first kappa shape index (κ1) is 14.2. The van der Waals surface area contributed by atoms with Crippen LogP contribution in [0.1, 0.15) is 28.4 Å². The molecule has 0 saturated carbocycles. The topological polar surface area (TPSA) is 94.8 Å². The number of benzene rings is 1. The Morgan fingerprint density at radius 2 is 1.89 bits per heavy atom. The fourth-order valence-electron chi connectivity index (χ4n) is 1.39. The number of aldehydes is 1. The second-order valence-corrected chi connectivity index (χ2v) is 3.62. The van der Waals surface area contributed by atoms with E-state index in [-0.39, 0.29) is 6.29 Å². The molecular formula is C11H10F2O5. The molecule has 1 aromatic carbocycles. The summed E-state index contributed by atoms with van der Waals surface area (Å²) >= 11 is 0. The Bertz CT molecular complexity index is 475. The summed E-state index contributed by atoms with van der Waals surface area (Å²) in [5.41, 5.74) is -1.14. The highest BCUT2D eigenvalue weighted by atomic mass is 19.1. The average Bonchev–Trinajstić information content (AvgIpc) is 2.29. The van der Waals surface area contributed by atoms with Gasteiger partial charge in [0.2, 0.25) is 0 Å². The lowest BCUT2D eigenvalue weighted by molar-refractivity contribution is -0.141. The van der Waals surface area contributed by atoms with Gasteiger partial charge in [0.05, 0.1) is 18.1 Å². The van der Waals surface area contributed by atoms with Gasteiger partial charge < -0.3 is 15.3 Å². The molecule has 0 aromatic heterocycles. The second-order valence-electron chi connectivity index (χ2n) is 3.62. The molecule has 1 rings (SSSR count). The van der Waals surface area contributed by atoms with E-state index in [1.165, 1.54) is 0 Å². The van der Waals surface area contributed by atoms with Crippen LogP contribution in [0.25, 0.3) is 0 Å². The molecule has 0 heterocycles. The predicted octanol–water partition coefficient (Wildman–Crippen LogP) is 0.646. The molecule has 1 aromatic rings. The highest BCUT2D eigenvalue weighted by Gasteiger charge is 2.25. The van der Waals surface area contributed by atoms with E-state index in [4.69, 9.17) is 5.11 Å². The summed E-state index contributed by atoms with van der Waals surface area (Å²) < 4.78 is 26.6. The number of aliphatic hydroxyl groups excluding tert-OH is 2. The van der Waals surface area contributed by atoms with E-state index in [1.807, 2.05) is 0 Å². The van der Waals surface area contributed by atoms with Crippen LogP contribution in [0.5, 0.6) is 0 Å². The van der Waals surface area contributed by atoms with Crippen LogP contribution in [0.2, 0.25) is 0 Å². The van der Waals surface area contributed by atoms with Crippen molar-refractivity contribution in [3.63, 3.8) is 0 Å². The van der Waals surface area contributed by atoms with E-state index < -0.39 is 47.4 Å². The molecule has 7 heteroatoms. The van der Waals surface area contributed by atoms with Crippen molar-refractivity contribution in [1.29, 1.82) is 0 Å². The van der Waals surface area contributed by atoms with Gasteiger partial charge in [0.15, 0.2) is 6.29 Å². The van der Waals surface area contributed by atoms with Crippen LogP contribution in [0.4, 0.5) is 8.78 Å². The lowest BCUT2D eigenvalue weighted by atomic mass is 10.00. The van der Waals surface area contributed by atoms with Crippen LogP contribution >= 0.6 is 0 Å². The van der Waals surface area contributed by atoms with Crippen LogP contribution in [0.15, 0.2) is 12.1 Å². The molecule has 0 amide bonds. The third-order valence-electron chi connectivity index (χ3n) is 2.31. The van der Waals surface area contributed by atoms with Gasteiger partial charge in [0.25, 0.3) is 0 Å². The number of hydrogen-bond acceptors (Lipinski definition) is 4. The normalized spacial score (nSPS) is 14.0. The van der Waals surface area contributed by atoms with Crippen molar-refractivity contribution in [3.8, 4) is 0 Å². The average molecular weight is 260 g/mol. The van der Waals surface area contributed by atoms with E-state index in [1.54, 1.807) is 0 Å². The molecule has 18 heavy (non-hydrogen) atoms. The number of carboxylic acids is 1. The molecule has 2 unspecified atom stereocenters. The number of carboxylic acid groups (broad SMARTS) is 1. The monoisotopic (exact) mass is 260 g/mol. The van der Waals surface area contributed by atoms with E-state index in [0.29, 0.717) is 12.1 Å². The summed E-state index contributed by atoms with van der Waals surface area (Å²) in [4.78, 5) is 20.7. The summed E-state index contributed by atoms with van der Waals surface area (Å²) in [6.07, 6.45) is -4.39. The highest BCUT2D eigenvalue weighted by Crippen LogP contribution is 2.24. The maximum absolute atomic E-state index is 13.4. The quantitative estimate of drug-likeness (QED) is 0.675. The minimum atomic E-state index is -1.89. The smallest absolute Gasteiger partial charge is 0.306 e. The number of aliphatic carboxylic acids is 1. The lowest BCUT2D eigenvalue weighted by Crippen LogP contribution is -2.23. The summed E-state index contributed by atoms with van der Waals surface area (Å²) in [6.45, 7) is 0. The molecule has 3 N–H and O–H groups in total. The molecule has 0 aliphatic heterocycles. The molecule has 0 bridgehead atoms. The number of rotatable bonds is 5. The maximum atomic E-state index is 13.4. The summed E-state index contributed by atoms with van der Waals surface area (Å²) in [7, 11) is 0. The second kappa shape index (κ2) is 5.65. The zero-order valence-electron chi connectivity index (χ0n) is 9.01. The first-order chi connectivity index (χ1) is 8.36. The minimum Gasteiger partial charge on any atom is -0.481 e. The van der Waals surface area contributed by atoms with Gasteiger partial charge in [-0.25, -0.2) is 8.78 Å². The summed E-state index contributed by atoms with van der Waals surface area (Å²) in [5, 5.41) is 27.2. The fraction of sp³-hybridized carbons (Fsp3) is 0.273. The molecule has 5 nitrogen and oxygen atoms in total. The maximum Gasteiger partial charge on any atom is 0.306 e. The minimum absolute atomic E-state index is 0.0995. The van der Waals surface area contributed by atoms with Crippen LogP contribution in [0, 0.1) is 11.6 Å². The predicted molar refractivity (Wildman–Crippen MR) is 55.0 cm³/mol. The van der Waals surface area contributed by atoms with Gasteiger partial charge in [-0.1, -0.05) is 0 Å². The molecule has 0 saturated heterocycles. The first-order valence-electron chi connectivity index (χ1n) is 4.88. The summed E-state index contributed by atoms with van der Waals surface area (Å²) in [5.74, 6) is -3.56. The van der Waals surface area contributed by atoms with Gasteiger partial charge in [0.1, 0.15) is 17.7 Å². The zero-order chi connectivity index (χ0) is 13.9. The molecule has 2 atom stereocenters. The SMILES string of the molecule is O=Cc1cc(F)c(C(O)C(O)CC(=O)O)cc1F. The van der Waals surface area contributed by atoms with E-state index >= 15 is 0 Å². The molecule has 0 fully saturated rings. The van der Waals surface area contributed by atoms with Crippen molar-refractivity contribution >= 4 is 12.3 Å². The third kappa shape index (κ3) is 3.08. The zero-order valence-corrected chi connectivity index (χ0v) is 9.01. The lowest BCUT2D eigenvalue weighted by Gasteiger charge is -2.17. The Labute approximate surface area is 100 Å². The Hall–Kier alpha value is -1.86. The number of carbonyl (C=O) groups is 2. The van der Waals surface area contributed by atoms with Crippen molar-refractivity contribution in [1.82, 2.24) is 0 Å². The van der Waals surface area contributed by atoms with Crippen molar-refractivity contribution in [2.24, 2.45) is 0 Å². The number of aliphatic hydroxyl groups is 2. The largest absolute Gasteiger partial charge is 0.481 e. The van der Waals surface area contributed by atoms with Gasteiger partial charge in [-0.2, -0.15) is 0 Å². The first-order valence-corrected chi connectivity index (χ1v) is 4.88. The van der Waals surface area contributed by atoms with E-state index in [2.05, 4.69) is 0 Å². The molecular weight excluding hydrogens is 250 g/mol. The Morgan fingerprint density at radius 3 is 2.39 bits per heavy atom. The fourth-order valence-corrected chi connectivity index (χ4v) is 1.39.